The average molecular weight is 224 g/mol. The van der Waals surface area contributed by atoms with E-state index in [2.05, 4.69) is 16.9 Å². The number of carboxylic acids is 1. The highest BCUT2D eigenvalue weighted by Gasteiger charge is 2.06. The molecule has 0 radical (unpaired) electrons. The number of nitrogens with one attached hydrogen (secondary N) is 1. The van der Waals surface area contributed by atoms with Gasteiger partial charge in [0.05, 0.1) is 6.20 Å². The third kappa shape index (κ3) is 4.47. The van der Waals surface area contributed by atoms with Crippen LogP contribution in [0.4, 0.5) is 0 Å². The van der Waals surface area contributed by atoms with Crippen molar-refractivity contribution in [2.75, 3.05) is 0 Å². The van der Waals surface area contributed by atoms with Crippen molar-refractivity contribution < 1.29 is 9.90 Å². The Labute approximate surface area is 96.1 Å². The lowest BCUT2D eigenvalue weighted by molar-refractivity contribution is 0.0691. The number of aryl methyl sites for hydroxylation is 1. The first-order valence-electron chi connectivity index (χ1n) is 6.01. The molecule has 16 heavy (non-hydrogen) atoms. The summed E-state index contributed by atoms with van der Waals surface area (Å²) in [4.78, 5) is 17.4. The van der Waals surface area contributed by atoms with Gasteiger partial charge in [0.1, 0.15) is 11.5 Å². The van der Waals surface area contributed by atoms with Gasteiger partial charge in [0.2, 0.25) is 0 Å². The molecule has 0 fully saturated rings. The van der Waals surface area contributed by atoms with Crippen LogP contribution < -0.4 is 0 Å². The normalized spacial score (nSPS) is 10.6. The van der Waals surface area contributed by atoms with Gasteiger partial charge < -0.3 is 10.1 Å². The van der Waals surface area contributed by atoms with Gasteiger partial charge in [-0.25, -0.2) is 9.78 Å². The number of hydrogen-bond donors (Lipinski definition) is 2. The molecule has 0 atom stereocenters. The molecule has 0 aliphatic carbocycles. The Morgan fingerprint density at radius 2 is 2.00 bits per heavy atom. The number of carbonyl (C=O) groups is 1. The topological polar surface area (TPSA) is 66.0 Å². The Morgan fingerprint density at radius 1 is 1.31 bits per heavy atom. The smallest absolute Gasteiger partial charge is 0.353 e. The van der Waals surface area contributed by atoms with Crippen LogP contribution in [0.15, 0.2) is 6.20 Å². The largest absolute Gasteiger partial charge is 0.477 e. The van der Waals surface area contributed by atoms with Crippen molar-refractivity contribution in [3.05, 3.63) is 17.7 Å². The second kappa shape index (κ2) is 7.04. The van der Waals surface area contributed by atoms with Gasteiger partial charge in [0, 0.05) is 6.42 Å². The summed E-state index contributed by atoms with van der Waals surface area (Å²) in [5.74, 6) is -0.158. The number of hydrogen-bond acceptors (Lipinski definition) is 2. The van der Waals surface area contributed by atoms with Crippen LogP contribution in [-0.4, -0.2) is 21.0 Å². The van der Waals surface area contributed by atoms with Crippen molar-refractivity contribution >= 4 is 5.97 Å². The number of imidazole rings is 1. The van der Waals surface area contributed by atoms with E-state index in [1.54, 1.807) is 0 Å². The number of aromatic carboxylic acids is 1. The molecule has 4 heteroatoms. The Kier molecular flexibility index (Phi) is 5.61. The number of aromatic amines is 1. The van der Waals surface area contributed by atoms with Gasteiger partial charge in [-0.1, -0.05) is 39.0 Å². The fraction of sp³-hybridized carbons (Fsp3) is 0.667. The molecule has 4 nitrogen and oxygen atoms in total. The van der Waals surface area contributed by atoms with E-state index in [9.17, 15) is 4.79 Å². The number of rotatable bonds is 8. The second-order valence-corrected chi connectivity index (χ2v) is 4.07. The molecule has 1 heterocycles. The van der Waals surface area contributed by atoms with Gasteiger partial charge in [-0.2, -0.15) is 0 Å². The van der Waals surface area contributed by atoms with Gasteiger partial charge in [0.15, 0.2) is 0 Å². The SMILES string of the molecule is CCCCCCCCc1ncc(C(=O)O)[nH]1. The highest BCUT2D eigenvalue weighted by atomic mass is 16.4. The Bertz CT molecular complexity index is 321. The van der Waals surface area contributed by atoms with E-state index in [1.807, 2.05) is 0 Å². The maximum Gasteiger partial charge on any atom is 0.353 e. The monoisotopic (exact) mass is 224 g/mol. The van der Waals surface area contributed by atoms with Gasteiger partial charge in [-0.05, 0) is 6.42 Å². The second-order valence-electron chi connectivity index (χ2n) is 4.07. The molecule has 0 saturated carbocycles. The molecule has 0 aromatic carbocycles. The van der Waals surface area contributed by atoms with E-state index in [-0.39, 0.29) is 5.69 Å². The fourth-order valence-corrected chi connectivity index (χ4v) is 1.67. The summed E-state index contributed by atoms with van der Waals surface area (Å²) in [5, 5.41) is 8.70. The quantitative estimate of drug-likeness (QED) is 0.667. The maximum absolute atomic E-state index is 10.6. The van der Waals surface area contributed by atoms with Crippen LogP contribution in [0.5, 0.6) is 0 Å². The molecule has 0 bridgehead atoms. The third-order valence-electron chi connectivity index (χ3n) is 2.63. The number of carboxylic acid groups (broad SMARTS) is 1. The number of nitrogens with zero attached hydrogens (tertiary/aromatic N) is 1. The van der Waals surface area contributed by atoms with Gasteiger partial charge in [0.25, 0.3) is 0 Å². The van der Waals surface area contributed by atoms with Gasteiger partial charge >= 0.3 is 5.97 Å². The molecule has 0 aliphatic heterocycles. The van der Waals surface area contributed by atoms with Crippen LogP contribution in [-0.2, 0) is 6.42 Å². The number of aromatic nitrogens is 2. The van der Waals surface area contributed by atoms with E-state index >= 15 is 0 Å². The summed E-state index contributed by atoms with van der Waals surface area (Å²) in [6.45, 7) is 2.20. The van der Waals surface area contributed by atoms with E-state index < -0.39 is 5.97 Å². The van der Waals surface area contributed by atoms with Gasteiger partial charge in [-0.3, -0.25) is 0 Å². The third-order valence-corrected chi connectivity index (χ3v) is 2.63. The van der Waals surface area contributed by atoms with E-state index in [0.717, 1.165) is 18.7 Å². The molecule has 0 amide bonds. The minimum Gasteiger partial charge on any atom is -0.477 e. The van der Waals surface area contributed by atoms with Crippen molar-refractivity contribution in [2.45, 2.75) is 51.9 Å². The Hall–Kier alpha value is -1.32. The molecule has 1 aromatic rings. The summed E-state index contributed by atoms with van der Waals surface area (Å²) < 4.78 is 0. The van der Waals surface area contributed by atoms with Crippen LogP contribution in [0.25, 0.3) is 0 Å². The first-order valence-corrected chi connectivity index (χ1v) is 6.01. The first kappa shape index (κ1) is 12.7. The summed E-state index contributed by atoms with van der Waals surface area (Å²) >= 11 is 0. The summed E-state index contributed by atoms with van der Waals surface area (Å²) in [6.07, 6.45) is 9.65. The number of H-pyrrole nitrogens is 1. The van der Waals surface area contributed by atoms with Crippen LogP contribution in [0.2, 0.25) is 0 Å². The molecule has 0 aliphatic rings. The Balaban J connectivity index is 2.14. The predicted molar refractivity (Wildman–Crippen MR) is 62.6 cm³/mol. The fourth-order valence-electron chi connectivity index (χ4n) is 1.67. The molecule has 0 spiro atoms. The predicted octanol–water partition coefficient (Wildman–Crippen LogP) is 3.01. The zero-order valence-electron chi connectivity index (χ0n) is 9.83. The van der Waals surface area contributed by atoms with Crippen molar-refractivity contribution in [1.29, 1.82) is 0 Å². The minimum absolute atomic E-state index is 0.181. The highest BCUT2D eigenvalue weighted by Crippen LogP contribution is 2.08. The number of unbranched alkanes of at least 4 members (excludes halogenated alkanes) is 5. The molecule has 2 N–H and O–H groups in total. The van der Waals surface area contributed by atoms with Crippen molar-refractivity contribution in [3.8, 4) is 0 Å². The van der Waals surface area contributed by atoms with Crippen molar-refractivity contribution in [3.63, 3.8) is 0 Å². The maximum atomic E-state index is 10.6. The van der Waals surface area contributed by atoms with Crippen LogP contribution >= 0.6 is 0 Å². The molecule has 0 unspecified atom stereocenters. The summed E-state index contributed by atoms with van der Waals surface area (Å²) in [6, 6.07) is 0. The summed E-state index contributed by atoms with van der Waals surface area (Å²) in [7, 11) is 0. The van der Waals surface area contributed by atoms with E-state index in [4.69, 9.17) is 5.11 Å². The molecule has 1 aromatic heterocycles. The standard InChI is InChI=1S/C12H20N2O2/c1-2-3-4-5-6-7-8-11-13-9-10(14-11)12(15)16/h9H,2-8H2,1H3,(H,13,14)(H,15,16). The van der Waals surface area contributed by atoms with Crippen molar-refractivity contribution in [1.82, 2.24) is 9.97 Å². The van der Waals surface area contributed by atoms with E-state index in [0.29, 0.717) is 0 Å². The molecular formula is C12H20N2O2. The van der Waals surface area contributed by atoms with Gasteiger partial charge in [-0.15, -0.1) is 0 Å². The lowest BCUT2D eigenvalue weighted by atomic mass is 10.1. The Morgan fingerprint density at radius 3 is 2.62 bits per heavy atom. The first-order chi connectivity index (χ1) is 7.74. The molecular weight excluding hydrogens is 204 g/mol. The van der Waals surface area contributed by atoms with Crippen LogP contribution in [0.3, 0.4) is 0 Å². The van der Waals surface area contributed by atoms with E-state index in [1.165, 1.54) is 38.3 Å². The summed E-state index contributed by atoms with van der Waals surface area (Å²) in [5.41, 5.74) is 0.181. The lowest BCUT2D eigenvalue weighted by Gasteiger charge is -1.98. The molecule has 1 rings (SSSR count). The lowest BCUT2D eigenvalue weighted by Crippen LogP contribution is -1.96. The van der Waals surface area contributed by atoms with Crippen LogP contribution in [0, 0.1) is 0 Å². The average Bonchev–Trinajstić information content (AvgIpc) is 2.72. The molecule has 0 saturated heterocycles. The zero-order valence-corrected chi connectivity index (χ0v) is 9.83. The highest BCUT2D eigenvalue weighted by molar-refractivity contribution is 5.84. The van der Waals surface area contributed by atoms with Crippen molar-refractivity contribution in [2.24, 2.45) is 0 Å². The zero-order chi connectivity index (χ0) is 11.8. The molecule has 90 valence electrons. The van der Waals surface area contributed by atoms with Crippen LogP contribution in [0.1, 0.15) is 61.8 Å². The minimum atomic E-state index is -0.943.